The summed E-state index contributed by atoms with van der Waals surface area (Å²) in [6.45, 7) is 2.50. The van der Waals surface area contributed by atoms with Gasteiger partial charge in [0.15, 0.2) is 0 Å². The van der Waals surface area contributed by atoms with Crippen LogP contribution < -0.4 is 10.9 Å². The molecule has 2 aromatic carbocycles. The predicted octanol–water partition coefficient (Wildman–Crippen LogP) is 1.77. The minimum atomic E-state index is -0.197. The SMILES string of the molecule is Cc1ccc(B2OCc3cc(F)ccc32)cc1. The minimum absolute atomic E-state index is 0.0498. The molecule has 0 saturated carbocycles. The average molecular weight is 226 g/mol. The Morgan fingerprint density at radius 3 is 2.65 bits per heavy atom. The maximum atomic E-state index is 13.1. The standard InChI is InChI=1S/C14H12BFO/c1-10-2-4-12(5-3-10)15-14-7-6-13(16)8-11(14)9-17-15/h2-8H,9H2,1H3. The number of hydrogen-bond donors (Lipinski definition) is 0. The lowest BCUT2D eigenvalue weighted by Gasteiger charge is -2.07. The van der Waals surface area contributed by atoms with E-state index in [-0.39, 0.29) is 12.7 Å². The molecule has 0 fully saturated rings. The van der Waals surface area contributed by atoms with Gasteiger partial charge in [0.1, 0.15) is 5.82 Å². The normalized spacial score (nSPS) is 13.9. The van der Waals surface area contributed by atoms with E-state index in [1.807, 2.05) is 6.07 Å². The van der Waals surface area contributed by atoms with Crippen LogP contribution in [0, 0.1) is 12.7 Å². The van der Waals surface area contributed by atoms with Gasteiger partial charge in [0.05, 0.1) is 6.61 Å². The topological polar surface area (TPSA) is 9.23 Å². The van der Waals surface area contributed by atoms with Crippen molar-refractivity contribution in [2.45, 2.75) is 13.5 Å². The molecule has 0 N–H and O–H groups in total. The predicted molar refractivity (Wildman–Crippen MR) is 67.4 cm³/mol. The zero-order chi connectivity index (χ0) is 11.8. The van der Waals surface area contributed by atoms with Crippen molar-refractivity contribution in [2.24, 2.45) is 0 Å². The number of halogens is 1. The molecular weight excluding hydrogens is 214 g/mol. The van der Waals surface area contributed by atoms with Gasteiger partial charge < -0.3 is 4.65 Å². The summed E-state index contributed by atoms with van der Waals surface area (Å²) in [6.07, 6.45) is 0. The highest BCUT2D eigenvalue weighted by atomic mass is 19.1. The van der Waals surface area contributed by atoms with Gasteiger partial charge in [0, 0.05) is 0 Å². The Morgan fingerprint density at radius 2 is 1.88 bits per heavy atom. The van der Waals surface area contributed by atoms with Gasteiger partial charge in [0.25, 0.3) is 0 Å². The summed E-state index contributed by atoms with van der Waals surface area (Å²) in [7, 11) is 0. The summed E-state index contributed by atoms with van der Waals surface area (Å²) >= 11 is 0. The highest BCUT2D eigenvalue weighted by molar-refractivity contribution is 6.81. The molecule has 0 bridgehead atoms. The van der Waals surface area contributed by atoms with Gasteiger partial charge in [0.2, 0.25) is 0 Å². The molecule has 1 heterocycles. The first-order valence-corrected chi connectivity index (χ1v) is 5.70. The van der Waals surface area contributed by atoms with E-state index in [1.54, 1.807) is 6.07 Å². The van der Waals surface area contributed by atoms with E-state index in [4.69, 9.17) is 4.65 Å². The molecule has 1 nitrogen and oxygen atoms in total. The Morgan fingerprint density at radius 1 is 1.12 bits per heavy atom. The van der Waals surface area contributed by atoms with Crippen LogP contribution in [0.4, 0.5) is 4.39 Å². The van der Waals surface area contributed by atoms with Gasteiger partial charge in [-0.1, -0.05) is 35.9 Å². The lowest BCUT2D eigenvalue weighted by atomic mass is 9.56. The van der Waals surface area contributed by atoms with Gasteiger partial charge in [-0.3, -0.25) is 0 Å². The molecule has 0 saturated heterocycles. The maximum absolute atomic E-state index is 13.1. The van der Waals surface area contributed by atoms with Crippen LogP contribution in [0.5, 0.6) is 0 Å². The average Bonchev–Trinajstić information content (AvgIpc) is 2.73. The van der Waals surface area contributed by atoms with Crippen LogP contribution in [0.3, 0.4) is 0 Å². The van der Waals surface area contributed by atoms with Crippen LogP contribution in [0.25, 0.3) is 0 Å². The van der Waals surface area contributed by atoms with Crippen molar-refractivity contribution in [3.8, 4) is 0 Å². The number of rotatable bonds is 1. The smallest absolute Gasteiger partial charge is 0.362 e. The van der Waals surface area contributed by atoms with Crippen molar-refractivity contribution in [2.75, 3.05) is 0 Å². The van der Waals surface area contributed by atoms with Crippen molar-refractivity contribution >= 4 is 17.8 Å². The fourth-order valence-corrected chi connectivity index (χ4v) is 2.24. The van der Waals surface area contributed by atoms with E-state index in [9.17, 15) is 4.39 Å². The van der Waals surface area contributed by atoms with Crippen LogP contribution in [0.15, 0.2) is 42.5 Å². The molecule has 0 atom stereocenters. The lowest BCUT2D eigenvalue weighted by molar-refractivity contribution is 0.336. The highest BCUT2D eigenvalue weighted by Gasteiger charge is 2.29. The third-order valence-electron chi connectivity index (χ3n) is 3.17. The second kappa shape index (κ2) is 4.00. The molecular formula is C14H12BFO. The number of benzene rings is 2. The van der Waals surface area contributed by atoms with Crippen LogP contribution >= 0.6 is 0 Å². The van der Waals surface area contributed by atoms with E-state index in [2.05, 4.69) is 31.2 Å². The molecule has 0 aliphatic carbocycles. The second-order valence-electron chi connectivity index (χ2n) is 4.44. The number of fused-ring (bicyclic) bond motifs is 1. The first-order valence-electron chi connectivity index (χ1n) is 5.70. The van der Waals surface area contributed by atoms with Crippen LogP contribution in [0.1, 0.15) is 11.1 Å². The van der Waals surface area contributed by atoms with Crippen molar-refractivity contribution in [1.29, 1.82) is 0 Å². The third kappa shape index (κ3) is 1.87. The summed E-state index contributed by atoms with van der Waals surface area (Å²) < 4.78 is 18.8. The van der Waals surface area contributed by atoms with Gasteiger partial charge >= 0.3 is 6.92 Å². The Bertz CT molecular complexity index is 551. The Hall–Kier alpha value is -1.61. The number of hydrogen-bond acceptors (Lipinski definition) is 1. The van der Waals surface area contributed by atoms with Crippen LogP contribution in [-0.2, 0) is 11.3 Å². The van der Waals surface area contributed by atoms with Crippen molar-refractivity contribution in [1.82, 2.24) is 0 Å². The molecule has 84 valence electrons. The van der Waals surface area contributed by atoms with Gasteiger partial charge in [-0.25, -0.2) is 4.39 Å². The highest BCUT2D eigenvalue weighted by Crippen LogP contribution is 2.12. The lowest BCUT2D eigenvalue weighted by Crippen LogP contribution is -2.41. The van der Waals surface area contributed by atoms with Gasteiger partial charge in [-0.05, 0) is 35.5 Å². The molecule has 2 aromatic rings. The van der Waals surface area contributed by atoms with Crippen molar-refractivity contribution < 1.29 is 9.04 Å². The molecule has 0 unspecified atom stereocenters. The van der Waals surface area contributed by atoms with E-state index < -0.39 is 0 Å². The molecule has 0 amide bonds. The third-order valence-corrected chi connectivity index (χ3v) is 3.17. The molecule has 17 heavy (non-hydrogen) atoms. The molecule has 1 aliphatic heterocycles. The first kappa shape index (κ1) is 10.5. The molecule has 3 heteroatoms. The van der Waals surface area contributed by atoms with Crippen LogP contribution in [0.2, 0.25) is 0 Å². The van der Waals surface area contributed by atoms with Gasteiger partial charge in [-0.2, -0.15) is 0 Å². The quantitative estimate of drug-likeness (QED) is 0.673. The Kier molecular flexibility index (Phi) is 2.48. The van der Waals surface area contributed by atoms with Crippen molar-refractivity contribution in [3.05, 3.63) is 59.4 Å². The fourth-order valence-electron chi connectivity index (χ4n) is 2.24. The summed E-state index contributed by atoms with van der Waals surface area (Å²) in [5.41, 5.74) is 4.39. The summed E-state index contributed by atoms with van der Waals surface area (Å²) in [4.78, 5) is 0. The maximum Gasteiger partial charge on any atom is 0.362 e. The fraction of sp³-hybridized carbons (Fsp3) is 0.143. The summed E-state index contributed by atoms with van der Waals surface area (Å²) in [5, 5.41) is 0. The minimum Gasteiger partial charge on any atom is -0.423 e. The molecule has 1 aliphatic rings. The number of aryl methyl sites for hydroxylation is 1. The molecule has 0 radical (unpaired) electrons. The second-order valence-corrected chi connectivity index (χ2v) is 4.44. The zero-order valence-corrected chi connectivity index (χ0v) is 9.61. The van der Waals surface area contributed by atoms with E-state index >= 15 is 0 Å². The summed E-state index contributed by atoms with van der Waals surface area (Å²) in [5.74, 6) is -0.197. The Labute approximate surface area is 100 Å². The van der Waals surface area contributed by atoms with E-state index in [0.717, 1.165) is 16.5 Å². The van der Waals surface area contributed by atoms with Gasteiger partial charge in [-0.15, -0.1) is 0 Å². The van der Waals surface area contributed by atoms with E-state index in [0.29, 0.717) is 6.61 Å². The monoisotopic (exact) mass is 226 g/mol. The summed E-state index contributed by atoms with van der Waals surface area (Å²) in [6, 6.07) is 13.2. The molecule has 3 rings (SSSR count). The molecule has 0 spiro atoms. The zero-order valence-electron chi connectivity index (χ0n) is 9.61. The van der Waals surface area contributed by atoms with E-state index in [1.165, 1.54) is 11.6 Å². The largest absolute Gasteiger partial charge is 0.423 e. The Balaban J connectivity index is 2.01. The molecule has 0 aromatic heterocycles. The first-order chi connectivity index (χ1) is 8.24. The van der Waals surface area contributed by atoms with Crippen LogP contribution in [-0.4, -0.2) is 6.92 Å². The van der Waals surface area contributed by atoms with Crippen molar-refractivity contribution in [3.63, 3.8) is 0 Å².